The largest absolute Gasteiger partial charge is 0.472 e. The monoisotopic (exact) mass is 280 g/mol. The highest BCUT2D eigenvalue weighted by Crippen LogP contribution is 2.26. The van der Waals surface area contributed by atoms with E-state index in [9.17, 15) is 8.42 Å². The van der Waals surface area contributed by atoms with Crippen molar-refractivity contribution in [2.24, 2.45) is 0 Å². The molecule has 2 N–H and O–H groups in total. The zero-order chi connectivity index (χ0) is 13.6. The summed E-state index contributed by atoms with van der Waals surface area (Å²) in [6, 6.07) is 1.64. The van der Waals surface area contributed by atoms with Gasteiger partial charge in [-0.25, -0.2) is 13.4 Å². The fraction of sp³-hybridized carbons (Fsp3) is 0.100. The number of oxazole rings is 1. The molecule has 0 saturated carbocycles. The SMILES string of the molecule is CS(=O)(=O)c1nc(N)c2nc(-c3ccoc3)oc2n1. The van der Waals surface area contributed by atoms with Crippen molar-refractivity contribution in [2.75, 3.05) is 12.0 Å². The lowest BCUT2D eigenvalue weighted by atomic mass is 10.3. The summed E-state index contributed by atoms with van der Waals surface area (Å²) in [6.07, 6.45) is 3.88. The molecule has 0 aromatic carbocycles. The Morgan fingerprint density at radius 2 is 2.05 bits per heavy atom. The molecule has 0 amide bonds. The molecule has 3 aromatic rings. The number of hydrogen-bond donors (Lipinski definition) is 1. The lowest BCUT2D eigenvalue weighted by Gasteiger charge is -1.97. The molecular weight excluding hydrogens is 272 g/mol. The van der Waals surface area contributed by atoms with Crippen molar-refractivity contribution in [1.29, 1.82) is 0 Å². The maximum absolute atomic E-state index is 11.4. The van der Waals surface area contributed by atoms with E-state index in [1.54, 1.807) is 6.07 Å². The van der Waals surface area contributed by atoms with Crippen LogP contribution < -0.4 is 5.73 Å². The topological polar surface area (TPSA) is 125 Å². The number of nitrogens with zero attached hydrogens (tertiary/aromatic N) is 3. The number of aromatic nitrogens is 3. The van der Waals surface area contributed by atoms with E-state index in [1.165, 1.54) is 12.5 Å². The quantitative estimate of drug-likeness (QED) is 0.685. The Kier molecular flexibility index (Phi) is 2.32. The van der Waals surface area contributed by atoms with Crippen molar-refractivity contribution in [3.63, 3.8) is 0 Å². The molecule has 9 heteroatoms. The van der Waals surface area contributed by atoms with Crippen LogP contribution in [0.3, 0.4) is 0 Å². The van der Waals surface area contributed by atoms with E-state index >= 15 is 0 Å². The van der Waals surface area contributed by atoms with Crippen LogP contribution in [0.5, 0.6) is 0 Å². The standard InChI is InChI=1S/C10H8N4O4S/c1-19(15,16)10-13-7(11)6-9(14-10)18-8(12-6)5-2-3-17-4-5/h2-4H,1H3,(H2,11,13,14). The molecule has 0 spiro atoms. The van der Waals surface area contributed by atoms with Crippen LogP contribution in [0, 0.1) is 0 Å². The van der Waals surface area contributed by atoms with E-state index < -0.39 is 15.0 Å². The fourth-order valence-electron chi connectivity index (χ4n) is 1.50. The first-order valence-corrected chi connectivity index (χ1v) is 7.01. The zero-order valence-electron chi connectivity index (χ0n) is 9.69. The van der Waals surface area contributed by atoms with Crippen molar-refractivity contribution in [2.45, 2.75) is 5.16 Å². The van der Waals surface area contributed by atoms with Crippen molar-refractivity contribution in [3.05, 3.63) is 18.6 Å². The van der Waals surface area contributed by atoms with E-state index in [1.807, 2.05) is 0 Å². The van der Waals surface area contributed by atoms with Gasteiger partial charge in [0.25, 0.3) is 10.9 Å². The lowest BCUT2D eigenvalue weighted by Crippen LogP contribution is -2.06. The van der Waals surface area contributed by atoms with Crippen LogP contribution in [-0.2, 0) is 9.84 Å². The molecule has 19 heavy (non-hydrogen) atoms. The van der Waals surface area contributed by atoms with Gasteiger partial charge in [0, 0.05) is 6.26 Å². The molecule has 0 aliphatic heterocycles. The third-order valence-electron chi connectivity index (χ3n) is 2.36. The van der Waals surface area contributed by atoms with Gasteiger partial charge in [0.15, 0.2) is 11.3 Å². The lowest BCUT2D eigenvalue weighted by molar-refractivity contribution is 0.562. The Morgan fingerprint density at radius 3 is 2.68 bits per heavy atom. The van der Waals surface area contributed by atoms with Crippen LogP contribution in [0.25, 0.3) is 22.7 Å². The maximum atomic E-state index is 11.4. The molecule has 0 atom stereocenters. The first kappa shape index (κ1) is 11.7. The number of fused-ring (bicyclic) bond motifs is 1. The van der Waals surface area contributed by atoms with Crippen molar-refractivity contribution >= 4 is 26.9 Å². The van der Waals surface area contributed by atoms with Crippen LogP contribution >= 0.6 is 0 Å². The molecule has 8 nitrogen and oxygen atoms in total. The number of anilines is 1. The summed E-state index contributed by atoms with van der Waals surface area (Å²) in [5, 5.41) is -0.396. The summed E-state index contributed by atoms with van der Waals surface area (Å²) in [5.74, 6) is 0.180. The van der Waals surface area contributed by atoms with Gasteiger partial charge in [-0.05, 0) is 6.07 Å². The second-order valence-corrected chi connectivity index (χ2v) is 5.76. The highest BCUT2D eigenvalue weighted by atomic mass is 32.2. The average Bonchev–Trinajstić information content (AvgIpc) is 2.95. The molecule has 0 fully saturated rings. The highest BCUT2D eigenvalue weighted by Gasteiger charge is 2.19. The molecule has 0 bridgehead atoms. The van der Waals surface area contributed by atoms with Crippen LogP contribution in [0.2, 0.25) is 0 Å². The molecule has 3 aromatic heterocycles. The summed E-state index contributed by atoms with van der Waals surface area (Å²) in [4.78, 5) is 11.6. The van der Waals surface area contributed by atoms with Gasteiger partial charge >= 0.3 is 0 Å². The molecule has 0 aliphatic carbocycles. The Balaban J connectivity index is 2.26. The smallest absolute Gasteiger partial charge is 0.253 e. The number of sulfone groups is 1. The summed E-state index contributed by atoms with van der Waals surface area (Å²) in [5.41, 5.74) is 6.48. The third-order valence-corrected chi connectivity index (χ3v) is 3.21. The van der Waals surface area contributed by atoms with E-state index in [0.717, 1.165) is 6.26 Å². The van der Waals surface area contributed by atoms with Gasteiger partial charge in [0.1, 0.15) is 6.26 Å². The number of hydrogen-bond acceptors (Lipinski definition) is 8. The Bertz CT molecular complexity index is 851. The number of furan rings is 1. The van der Waals surface area contributed by atoms with Gasteiger partial charge < -0.3 is 14.6 Å². The summed E-state index contributed by atoms with van der Waals surface area (Å²) in [6.45, 7) is 0. The second-order valence-electron chi connectivity index (χ2n) is 3.85. The molecule has 0 unspecified atom stereocenters. The van der Waals surface area contributed by atoms with Gasteiger partial charge in [-0.1, -0.05) is 0 Å². The van der Waals surface area contributed by atoms with Gasteiger partial charge in [0.2, 0.25) is 15.7 Å². The van der Waals surface area contributed by atoms with Gasteiger partial charge in [-0.2, -0.15) is 9.97 Å². The third kappa shape index (κ3) is 1.93. The number of nitrogen functional groups attached to an aromatic ring is 1. The van der Waals surface area contributed by atoms with Crippen molar-refractivity contribution in [3.8, 4) is 11.5 Å². The van der Waals surface area contributed by atoms with Crippen LogP contribution in [0.4, 0.5) is 5.82 Å². The minimum Gasteiger partial charge on any atom is -0.472 e. The van der Waals surface area contributed by atoms with E-state index in [2.05, 4.69) is 15.0 Å². The normalized spacial score (nSPS) is 12.1. The van der Waals surface area contributed by atoms with E-state index in [0.29, 0.717) is 5.56 Å². The minimum absolute atomic E-state index is 0.0177. The maximum Gasteiger partial charge on any atom is 0.253 e. The molecule has 0 aliphatic rings. The Hall–Kier alpha value is -2.42. The minimum atomic E-state index is -3.57. The van der Waals surface area contributed by atoms with Crippen molar-refractivity contribution in [1.82, 2.24) is 15.0 Å². The fourth-order valence-corrected chi connectivity index (χ4v) is 2.01. The molecular formula is C10H8N4O4S. The predicted molar refractivity (Wildman–Crippen MR) is 64.8 cm³/mol. The first-order valence-electron chi connectivity index (χ1n) is 5.12. The molecule has 3 rings (SSSR count). The number of rotatable bonds is 2. The summed E-state index contributed by atoms with van der Waals surface area (Å²) < 4.78 is 33.1. The molecule has 0 radical (unpaired) electrons. The van der Waals surface area contributed by atoms with Gasteiger partial charge in [0.05, 0.1) is 11.8 Å². The first-order chi connectivity index (χ1) is 8.95. The van der Waals surface area contributed by atoms with E-state index in [4.69, 9.17) is 14.6 Å². The molecule has 3 heterocycles. The van der Waals surface area contributed by atoms with Crippen LogP contribution in [0.15, 0.2) is 32.6 Å². The number of nitrogens with two attached hydrogens (primary N) is 1. The highest BCUT2D eigenvalue weighted by molar-refractivity contribution is 7.90. The van der Waals surface area contributed by atoms with Gasteiger partial charge in [-0.15, -0.1) is 0 Å². The van der Waals surface area contributed by atoms with Crippen LogP contribution in [0.1, 0.15) is 0 Å². The van der Waals surface area contributed by atoms with Crippen molar-refractivity contribution < 1.29 is 17.3 Å². The van der Waals surface area contributed by atoms with E-state index in [-0.39, 0.29) is 22.9 Å². The zero-order valence-corrected chi connectivity index (χ0v) is 10.5. The second kappa shape index (κ2) is 3.79. The average molecular weight is 280 g/mol. The molecule has 98 valence electrons. The van der Waals surface area contributed by atoms with Gasteiger partial charge in [-0.3, -0.25) is 0 Å². The predicted octanol–water partition coefficient (Wildman–Crippen LogP) is 0.864. The summed E-state index contributed by atoms with van der Waals surface area (Å²) in [7, 11) is -3.57. The summed E-state index contributed by atoms with van der Waals surface area (Å²) >= 11 is 0. The Morgan fingerprint density at radius 1 is 1.26 bits per heavy atom. The molecule has 0 saturated heterocycles. The van der Waals surface area contributed by atoms with Crippen LogP contribution in [-0.4, -0.2) is 29.6 Å². The Labute approximate surface area is 107 Å².